The summed E-state index contributed by atoms with van der Waals surface area (Å²) in [4.78, 5) is 41.6. The number of nitriles is 1. The zero-order chi connectivity index (χ0) is 32.5. The van der Waals surface area contributed by atoms with E-state index in [-0.39, 0.29) is 11.6 Å². The van der Waals surface area contributed by atoms with Crippen LogP contribution >= 0.6 is 23.1 Å². The topological polar surface area (TPSA) is 120 Å². The van der Waals surface area contributed by atoms with Gasteiger partial charge in [-0.3, -0.25) is 14.4 Å². The second-order valence-corrected chi connectivity index (χ2v) is 13.2. The van der Waals surface area contributed by atoms with Crippen molar-refractivity contribution >= 4 is 57.6 Å². The van der Waals surface area contributed by atoms with Crippen molar-refractivity contribution in [2.75, 3.05) is 17.2 Å². The summed E-state index contributed by atoms with van der Waals surface area (Å²) in [5, 5.41) is 18.5. The SMILES string of the molecule is CCOc1ccc(/C=C(/NC(=O)c2ccccc2)C(=O)Nc2cccc(SC(C)C(=O)Nc3sc4c(c3C#N)CCCC4)c2)cc1. The number of carbonyl (C=O) groups is 3. The number of aryl methyl sites for hydroxylation is 1. The van der Waals surface area contributed by atoms with Crippen molar-refractivity contribution in [3.63, 3.8) is 0 Å². The van der Waals surface area contributed by atoms with Gasteiger partial charge in [0.1, 0.15) is 22.5 Å². The van der Waals surface area contributed by atoms with E-state index >= 15 is 0 Å². The minimum Gasteiger partial charge on any atom is -0.494 e. The summed E-state index contributed by atoms with van der Waals surface area (Å²) in [7, 11) is 0. The molecule has 0 saturated carbocycles. The van der Waals surface area contributed by atoms with Gasteiger partial charge in [-0.25, -0.2) is 0 Å². The van der Waals surface area contributed by atoms with Crippen LogP contribution in [0, 0.1) is 11.3 Å². The molecule has 1 aromatic heterocycles. The molecule has 1 aliphatic carbocycles. The predicted octanol–water partition coefficient (Wildman–Crippen LogP) is 7.43. The molecule has 46 heavy (non-hydrogen) atoms. The van der Waals surface area contributed by atoms with Crippen molar-refractivity contribution in [2.45, 2.75) is 49.7 Å². The first-order valence-electron chi connectivity index (χ1n) is 15.1. The van der Waals surface area contributed by atoms with Crippen molar-refractivity contribution in [3.05, 3.63) is 112 Å². The Kier molecular flexibility index (Phi) is 10.9. The first-order chi connectivity index (χ1) is 22.3. The Morgan fingerprint density at radius 2 is 1.76 bits per heavy atom. The standard InChI is InChI=1S/C36H34N4O4S2/c1-3-44-27-18-16-24(17-19-27)20-31(39-34(42)25-10-5-4-6-11-25)35(43)38-26-12-9-13-28(21-26)45-23(2)33(41)40-36-30(22-37)29-14-7-8-15-32(29)46-36/h4-6,9-13,16-21,23H,3,7-8,14-15H2,1-2H3,(H,38,43)(H,39,42)(H,40,41)/b31-20+. The summed E-state index contributed by atoms with van der Waals surface area (Å²) in [6.45, 7) is 4.25. The molecular formula is C36H34N4O4S2. The molecule has 0 aliphatic heterocycles. The fourth-order valence-corrected chi connectivity index (χ4v) is 7.19. The summed E-state index contributed by atoms with van der Waals surface area (Å²) < 4.78 is 5.52. The maximum atomic E-state index is 13.5. The summed E-state index contributed by atoms with van der Waals surface area (Å²) in [6.07, 6.45) is 5.59. The van der Waals surface area contributed by atoms with Gasteiger partial charge in [-0.15, -0.1) is 23.1 Å². The van der Waals surface area contributed by atoms with E-state index in [1.807, 2.05) is 38.1 Å². The van der Waals surface area contributed by atoms with Crippen LogP contribution in [-0.4, -0.2) is 29.6 Å². The van der Waals surface area contributed by atoms with E-state index in [1.54, 1.807) is 60.7 Å². The Hall–Kier alpha value is -4.85. The summed E-state index contributed by atoms with van der Waals surface area (Å²) >= 11 is 2.85. The van der Waals surface area contributed by atoms with Crippen LogP contribution in [0.4, 0.5) is 10.7 Å². The zero-order valence-electron chi connectivity index (χ0n) is 25.6. The molecule has 1 aliphatic rings. The van der Waals surface area contributed by atoms with Crippen LogP contribution in [0.15, 0.2) is 89.5 Å². The second kappa shape index (κ2) is 15.4. The molecule has 0 bridgehead atoms. The Balaban J connectivity index is 1.29. The van der Waals surface area contributed by atoms with Gasteiger partial charge < -0.3 is 20.7 Å². The van der Waals surface area contributed by atoms with Gasteiger partial charge in [-0.1, -0.05) is 36.4 Å². The molecule has 0 spiro atoms. The number of hydrogen-bond acceptors (Lipinski definition) is 7. The summed E-state index contributed by atoms with van der Waals surface area (Å²) in [5.74, 6) is -0.407. The molecule has 0 saturated heterocycles. The maximum absolute atomic E-state index is 13.5. The monoisotopic (exact) mass is 650 g/mol. The molecule has 3 aromatic carbocycles. The number of nitrogens with zero attached hydrogens (tertiary/aromatic N) is 1. The molecular weight excluding hydrogens is 617 g/mol. The van der Waals surface area contributed by atoms with Crippen LogP contribution in [0.1, 0.15) is 58.6 Å². The van der Waals surface area contributed by atoms with Crippen LogP contribution < -0.4 is 20.7 Å². The highest BCUT2D eigenvalue weighted by molar-refractivity contribution is 8.00. The number of benzene rings is 3. The normalized spacial score (nSPS) is 13.1. The van der Waals surface area contributed by atoms with Gasteiger partial charge in [-0.05, 0) is 99.2 Å². The van der Waals surface area contributed by atoms with Crippen molar-refractivity contribution in [1.29, 1.82) is 5.26 Å². The van der Waals surface area contributed by atoms with Gasteiger partial charge >= 0.3 is 0 Å². The number of rotatable bonds is 11. The minimum absolute atomic E-state index is 0.0655. The Morgan fingerprint density at radius 1 is 1.00 bits per heavy atom. The number of fused-ring (bicyclic) bond motifs is 1. The lowest BCUT2D eigenvalue weighted by atomic mass is 9.96. The third kappa shape index (κ3) is 8.24. The molecule has 3 N–H and O–H groups in total. The Bertz CT molecular complexity index is 1790. The van der Waals surface area contributed by atoms with Crippen LogP contribution in [0.25, 0.3) is 6.08 Å². The Labute approximate surface area is 276 Å². The Morgan fingerprint density at radius 3 is 2.50 bits per heavy atom. The molecule has 1 atom stereocenters. The molecule has 4 aromatic rings. The number of anilines is 2. The average Bonchev–Trinajstić information content (AvgIpc) is 3.42. The molecule has 5 rings (SSSR count). The van der Waals surface area contributed by atoms with Crippen LogP contribution in [0.3, 0.4) is 0 Å². The molecule has 3 amide bonds. The largest absolute Gasteiger partial charge is 0.494 e. The van der Waals surface area contributed by atoms with Crippen molar-refractivity contribution in [2.24, 2.45) is 0 Å². The number of ether oxygens (including phenoxy) is 1. The van der Waals surface area contributed by atoms with E-state index in [1.165, 1.54) is 28.0 Å². The summed E-state index contributed by atoms with van der Waals surface area (Å²) in [5.41, 5.74) is 3.36. The highest BCUT2D eigenvalue weighted by Gasteiger charge is 2.24. The fourth-order valence-electron chi connectivity index (χ4n) is 5.03. The molecule has 1 heterocycles. The number of thioether (sulfide) groups is 1. The lowest BCUT2D eigenvalue weighted by Crippen LogP contribution is -2.30. The van der Waals surface area contributed by atoms with Crippen LogP contribution in [0.5, 0.6) is 5.75 Å². The quantitative estimate of drug-likeness (QED) is 0.115. The molecule has 234 valence electrons. The number of carbonyl (C=O) groups excluding carboxylic acids is 3. The highest BCUT2D eigenvalue weighted by atomic mass is 32.2. The average molecular weight is 651 g/mol. The lowest BCUT2D eigenvalue weighted by Gasteiger charge is -2.14. The number of amides is 3. The molecule has 0 radical (unpaired) electrons. The van der Waals surface area contributed by atoms with Crippen LogP contribution in [0.2, 0.25) is 0 Å². The summed E-state index contributed by atoms with van der Waals surface area (Å²) in [6, 6.07) is 25.4. The fraction of sp³-hybridized carbons (Fsp3) is 0.222. The van der Waals surface area contributed by atoms with Crippen molar-refractivity contribution in [1.82, 2.24) is 5.32 Å². The van der Waals surface area contributed by atoms with Gasteiger partial charge in [0.25, 0.3) is 11.8 Å². The van der Waals surface area contributed by atoms with E-state index in [4.69, 9.17) is 4.74 Å². The second-order valence-electron chi connectivity index (χ2n) is 10.6. The van der Waals surface area contributed by atoms with Gasteiger partial charge in [-0.2, -0.15) is 5.26 Å². The third-order valence-corrected chi connectivity index (χ3v) is 9.63. The van der Waals surface area contributed by atoms with E-state index in [2.05, 4.69) is 22.0 Å². The molecule has 10 heteroatoms. The number of thiophene rings is 1. The lowest BCUT2D eigenvalue weighted by molar-refractivity contribution is -0.115. The van der Waals surface area contributed by atoms with Gasteiger partial charge in [0.05, 0.1) is 17.4 Å². The minimum atomic E-state index is -0.503. The van der Waals surface area contributed by atoms with Gasteiger partial charge in [0.15, 0.2) is 0 Å². The van der Waals surface area contributed by atoms with Crippen molar-refractivity contribution < 1.29 is 19.1 Å². The molecule has 8 nitrogen and oxygen atoms in total. The van der Waals surface area contributed by atoms with Crippen molar-refractivity contribution in [3.8, 4) is 11.8 Å². The number of hydrogen-bond donors (Lipinski definition) is 3. The highest BCUT2D eigenvalue weighted by Crippen LogP contribution is 2.38. The zero-order valence-corrected chi connectivity index (χ0v) is 27.2. The van der Waals surface area contributed by atoms with E-state index in [0.29, 0.717) is 39.7 Å². The van der Waals surface area contributed by atoms with Crippen LogP contribution in [-0.2, 0) is 22.4 Å². The molecule has 1 unspecified atom stereocenters. The third-order valence-electron chi connectivity index (χ3n) is 7.32. The van der Waals surface area contributed by atoms with Gasteiger partial charge in [0, 0.05) is 21.0 Å². The predicted molar refractivity (Wildman–Crippen MR) is 184 cm³/mol. The smallest absolute Gasteiger partial charge is 0.272 e. The maximum Gasteiger partial charge on any atom is 0.272 e. The van der Waals surface area contributed by atoms with E-state index < -0.39 is 17.1 Å². The van der Waals surface area contributed by atoms with Gasteiger partial charge in [0.2, 0.25) is 5.91 Å². The van der Waals surface area contributed by atoms with E-state index in [0.717, 1.165) is 36.1 Å². The van der Waals surface area contributed by atoms with E-state index in [9.17, 15) is 19.6 Å². The first-order valence-corrected chi connectivity index (χ1v) is 16.8. The number of nitrogens with one attached hydrogen (secondary N) is 3. The first kappa shape index (κ1) is 32.5. The molecule has 0 fully saturated rings.